The van der Waals surface area contributed by atoms with Crippen molar-refractivity contribution in [1.82, 2.24) is 24.8 Å². The number of aromatic nitrogens is 3. The Morgan fingerprint density at radius 3 is 2.90 bits per heavy atom. The molecule has 0 saturated carbocycles. The van der Waals surface area contributed by atoms with Crippen molar-refractivity contribution in [2.24, 2.45) is 5.92 Å². The normalized spacial score (nSPS) is 17.5. The van der Waals surface area contributed by atoms with Gasteiger partial charge >= 0.3 is 0 Å². The standard InChI is InChI=1S/C23H29N5O/c1-3-27-13-7-8-18(15-27)14-26(2)23(29)22-17-28(25-24-22)16-20-11-6-10-19-9-4-5-12-21(19)20/h4-6,9-12,17-18H,3,7-8,13-16H2,1-2H3/t18-/m0/s1. The van der Waals surface area contributed by atoms with Crippen LogP contribution in [-0.4, -0.2) is 63.9 Å². The first-order valence-corrected chi connectivity index (χ1v) is 10.5. The first-order chi connectivity index (χ1) is 14.1. The van der Waals surface area contributed by atoms with Crippen LogP contribution < -0.4 is 0 Å². The molecular formula is C23H29N5O. The van der Waals surface area contributed by atoms with Crippen LogP contribution in [0.15, 0.2) is 48.7 Å². The number of amides is 1. The van der Waals surface area contributed by atoms with E-state index < -0.39 is 0 Å². The highest BCUT2D eigenvalue weighted by Crippen LogP contribution is 2.20. The summed E-state index contributed by atoms with van der Waals surface area (Å²) in [5.41, 5.74) is 1.58. The van der Waals surface area contributed by atoms with Crippen LogP contribution in [0, 0.1) is 5.92 Å². The molecule has 1 fully saturated rings. The molecule has 1 aromatic heterocycles. The van der Waals surface area contributed by atoms with Crippen LogP contribution in [0.5, 0.6) is 0 Å². The number of hydrogen-bond donors (Lipinski definition) is 0. The van der Waals surface area contributed by atoms with Gasteiger partial charge in [-0.15, -0.1) is 5.10 Å². The van der Waals surface area contributed by atoms with E-state index in [4.69, 9.17) is 0 Å². The molecule has 0 N–H and O–H groups in total. The summed E-state index contributed by atoms with van der Waals surface area (Å²) >= 11 is 0. The van der Waals surface area contributed by atoms with Crippen LogP contribution >= 0.6 is 0 Å². The lowest BCUT2D eigenvalue weighted by atomic mass is 9.97. The molecule has 3 aromatic rings. The Labute approximate surface area is 172 Å². The molecule has 0 spiro atoms. The van der Waals surface area contributed by atoms with E-state index in [1.165, 1.54) is 35.7 Å². The second-order valence-corrected chi connectivity index (χ2v) is 8.03. The van der Waals surface area contributed by atoms with Gasteiger partial charge in [0.15, 0.2) is 5.69 Å². The first-order valence-electron chi connectivity index (χ1n) is 10.5. The van der Waals surface area contributed by atoms with E-state index in [0.717, 1.165) is 19.6 Å². The summed E-state index contributed by atoms with van der Waals surface area (Å²) in [5, 5.41) is 10.8. The summed E-state index contributed by atoms with van der Waals surface area (Å²) < 4.78 is 1.75. The fourth-order valence-corrected chi connectivity index (χ4v) is 4.33. The largest absolute Gasteiger partial charge is 0.340 e. The Kier molecular flexibility index (Phi) is 5.90. The molecule has 0 bridgehead atoms. The highest BCUT2D eigenvalue weighted by atomic mass is 16.2. The predicted molar refractivity (Wildman–Crippen MR) is 115 cm³/mol. The summed E-state index contributed by atoms with van der Waals surface area (Å²) in [5.74, 6) is 0.478. The molecule has 152 valence electrons. The van der Waals surface area contributed by atoms with Gasteiger partial charge in [0, 0.05) is 20.1 Å². The van der Waals surface area contributed by atoms with Gasteiger partial charge in [0.2, 0.25) is 0 Å². The Morgan fingerprint density at radius 1 is 1.21 bits per heavy atom. The minimum Gasteiger partial charge on any atom is -0.340 e. The molecule has 6 nitrogen and oxygen atoms in total. The molecule has 1 aliphatic rings. The molecule has 2 aromatic carbocycles. The third-order valence-corrected chi connectivity index (χ3v) is 5.90. The zero-order valence-corrected chi connectivity index (χ0v) is 17.3. The van der Waals surface area contributed by atoms with E-state index >= 15 is 0 Å². The second kappa shape index (κ2) is 8.74. The lowest BCUT2D eigenvalue weighted by molar-refractivity contribution is 0.0727. The van der Waals surface area contributed by atoms with Crippen LogP contribution in [-0.2, 0) is 6.54 Å². The highest BCUT2D eigenvalue weighted by molar-refractivity contribution is 5.91. The number of likely N-dealkylation sites (tertiary alicyclic amines) is 1. The van der Waals surface area contributed by atoms with E-state index in [0.29, 0.717) is 18.2 Å². The second-order valence-electron chi connectivity index (χ2n) is 8.03. The number of benzene rings is 2. The van der Waals surface area contributed by atoms with Crippen molar-refractivity contribution in [2.75, 3.05) is 33.2 Å². The maximum absolute atomic E-state index is 12.8. The molecule has 1 atom stereocenters. The zero-order chi connectivity index (χ0) is 20.2. The van der Waals surface area contributed by atoms with Crippen LogP contribution in [0.1, 0.15) is 35.8 Å². The zero-order valence-electron chi connectivity index (χ0n) is 17.3. The van der Waals surface area contributed by atoms with Crippen molar-refractivity contribution in [1.29, 1.82) is 0 Å². The summed E-state index contributed by atoms with van der Waals surface area (Å²) in [4.78, 5) is 17.1. The number of nitrogens with zero attached hydrogens (tertiary/aromatic N) is 5. The van der Waals surface area contributed by atoms with E-state index in [-0.39, 0.29) is 5.91 Å². The molecule has 2 heterocycles. The average molecular weight is 392 g/mol. The van der Waals surface area contributed by atoms with Gasteiger partial charge in [0.05, 0.1) is 12.7 Å². The molecule has 1 amide bonds. The molecule has 29 heavy (non-hydrogen) atoms. The van der Waals surface area contributed by atoms with Crippen LogP contribution in [0.3, 0.4) is 0 Å². The van der Waals surface area contributed by atoms with Gasteiger partial charge in [-0.05, 0) is 48.2 Å². The molecule has 1 saturated heterocycles. The number of carbonyl (C=O) groups is 1. The Balaban J connectivity index is 1.42. The van der Waals surface area contributed by atoms with Gasteiger partial charge in [-0.25, -0.2) is 4.68 Å². The van der Waals surface area contributed by atoms with Gasteiger partial charge in [-0.3, -0.25) is 4.79 Å². The Hall–Kier alpha value is -2.73. The van der Waals surface area contributed by atoms with Crippen LogP contribution in [0.25, 0.3) is 10.8 Å². The number of carbonyl (C=O) groups excluding carboxylic acids is 1. The SMILES string of the molecule is CCN1CCC[C@@H](CN(C)C(=O)c2cn(Cc3cccc4ccccc34)nn2)C1. The van der Waals surface area contributed by atoms with Gasteiger partial charge in [-0.2, -0.15) is 0 Å². The molecule has 1 aliphatic heterocycles. The molecule has 0 unspecified atom stereocenters. The molecular weight excluding hydrogens is 362 g/mol. The van der Waals surface area contributed by atoms with Crippen molar-refractivity contribution >= 4 is 16.7 Å². The van der Waals surface area contributed by atoms with Gasteiger partial charge in [0.25, 0.3) is 5.91 Å². The van der Waals surface area contributed by atoms with Crippen LogP contribution in [0.4, 0.5) is 0 Å². The first kappa shape index (κ1) is 19.6. The third-order valence-electron chi connectivity index (χ3n) is 5.90. The number of piperidine rings is 1. The maximum Gasteiger partial charge on any atom is 0.275 e. The number of rotatable bonds is 6. The van der Waals surface area contributed by atoms with Crippen molar-refractivity contribution in [3.8, 4) is 0 Å². The smallest absolute Gasteiger partial charge is 0.275 e. The predicted octanol–water partition coefficient (Wildman–Crippen LogP) is 3.28. The quantitative estimate of drug-likeness (QED) is 0.647. The monoisotopic (exact) mass is 391 g/mol. The van der Waals surface area contributed by atoms with E-state index in [9.17, 15) is 4.79 Å². The van der Waals surface area contributed by atoms with Crippen molar-refractivity contribution in [3.05, 3.63) is 59.9 Å². The number of fused-ring (bicyclic) bond motifs is 1. The van der Waals surface area contributed by atoms with Crippen molar-refractivity contribution in [3.63, 3.8) is 0 Å². The van der Waals surface area contributed by atoms with Crippen molar-refractivity contribution in [2.45, 2.75) is 26.3 Å². The lowest BCUT2D eigenvalue weighted by Gasteiger charge is -2.33. The van der Waals surface area contributed by atoms with E-state index in [2.05, 4.69) is 52.5 Å². The van der Waals surface area contributed by atoms with Gasteiger partial charge in [-0.1, -0.05) is 54.6 Å². The average Bonchev–Trinajstić information content (AvgIpc) is 3.22. The third kappa shape index (κ3) is 4.48. The summed E-state index contributed by atoms with van der Waals surface area (Å²) in [6, 6.07) is 14.6. The van der Waals surface area contributed by atoms with E-state index in [1.807, 2.05) is 19.2 Å². The Bertz CT molecular complexity index is 977. The number of hydrogen-bond acceptors (Lipinski definition) is 4. The molecule has 0 aliphatic carbocycles. The summed E-state index contributed by atoms with van der Waals surface area (Å²) in [7, 11) is 1.87. The lowest BCUT2D eigenvalue weighted by Crippen LogP contribution is -2.41. The molecule has 6 heteroatoms. The Morgan fingerprint density at radius 2 is 2.03 bits per heavy atom. The van der Waals surface area contributed by atoms with Crippen molar-refractivity contribution < 1.29 is 4.79 Å². The van der Waals surface area contributed by atoms with Crippen LogP contribution in [0.2, 0.25) is 0 Å². The van der Waals surface area contributed by atoms with E-state index in [1.54, 1.807) is 15.8 Å². The summed E-state index contributed by atoms with van der Waals surface area (Å²) in [6.07, 6.45) is 4.16. The topological polar surface area (TPSA) is 54.3 Å². The fraction of sp³-hybridized carbons (Fsp3) is 0.435. The minimum absolute atomic E-state index is 0.0530. The molecule has 4 rings (SSSR count). The minimum atomic E-state index is -0.0530. The highest BCUT2D eigenvalue weighted by Gasteiger charge is 2.23. The molecule has 0 radical (unpaired) electrons. The fourth-order valence-electron chi connectivity index (χ4n) is 4.33. The summed E-state index contributed by atoms with van der Waals surface area (Å²) in [6.45, 7) is 6.89. The maximum atomic E-state index is 12.8. The van der Waals surface area contributed by atoms with Gasteiger partial charge < -0.3 is 9.80 Å². The van der Waals surface area contributed by atoms with Gasteiger partial charge in [0.1, 0.15) is 0 Å².